The Balaban J connectivity index is 2.03. The first-order chi connectivity index (χ1) is 6.22. The van der Waals surface area contributed by atoms with Crippen molar-refractivity contribution in [2.75, 3.05) is 32.1 Å². The fraction of sp³-hybridized carbons (Fsp3) is 0.889. The van der Waals surface area contributed by atoms with E-state index in [0.717, 1.165) is 12.3 Å². The molecule has 13 heavy (non-hydrogen) atoms. The van der Waals surface area contributed by atoms with Crippen LogP contribution in [0.1, 0.15) is 12.8 Å². The van der Waals surface area contributed by atoms with Gasteiger partial charge in [0.2, 0.25) is 5.91 Å². The lowest BCUT2D eigenvalue weighted by Gasteiger charge is -2.15. The second-order valence-electron chi connectivity index (χ2n) is 3.57. The van der Waals surface area contributed by atoms with Gasteiger partial charge >= 0.3 is 0 Å². The highest BCUT2D eigenvalue weighted by molar-refractivity contribution is 7.98. The van der Waals surface area contributed by atoms with Crippen LogP contribution in [0.4, 0.5) is 0 Å². The monoisotopic (exact) mass is 202 g/mol. The number of carbonyl (C=O) groups excluding carboxylic acids is 1. The average Bonchev–Trinajstić information content (AvgIpc) is 2.84. The summed E-state index contributed by atoms with van der Waals surface area (Å²) in [5.74, 6) is 1.26. The zero-order chi connectivity index (χ0) is 9.68. The maximum Gasteiger partial charge on any atom is 0.234 e. The molecule has 1 rings (SSSR count). The van der Waals surface area contributed by atoms with Crippen LogP contribution < -0.4 is 5.32 Å². The number of thioether (sulfide) groups is 1. The Hall–Kier alpha value is -0.220. The molecule has 1 amide bonds. The van der Waals surface area contributed by atoms with E-state index in [1.54, 1.807) is 0 Å². The molecule has 0 aromatic carbocycles. The predicted octanol–water partition coefficient (Wildman–Crippen LogP) is 0.560. The molecular formula is C9H18N2OS. The fourth-order valence-corrected chi connectivity index (χ4v) is 1.57. The van der Waals surface area contributed by atoms with E-state index >= 15 is 0 Å². The lowest BCUT2D eigenvalue weighted by atomic mass is 10.5. The average molecular weight is 202 g/mol. The molecule has 4 heteroatoms. The van der Waals surface area contributed by atoms with E-state index < -0.39 is 0 Å². The van der Waals surface area contributed by atoms with Gasteiger partial charge in [-0.05, 0) is 26.1 Å². The van der Waals surface area contributed by atoms with E-state index in [1.165, 1.54) is 12.8 Å². The molecule has 0 aliphatic heterocycles. The SMILES string of the molecule is CSCCN(C)CC(=O)NC1CC1. The van der Waals surface area contributed by atoms with Crippen molar-refractivity contribution in [2.45, 2.75) is 18.9 Å². The molecule has 3 nitrogen and oxygen atoms in total. The lowest BCUT2D eigenvalue weighted by molar-refractivity contribution is -0.122. The highest BCUT2D eigenvalue weighted by Crippen LogP contribution is 2.18. The number of nitrogens with one attached hydrogen (secondary N) is 1. The number of carbonyl (C=O) groups is 1. The van der Waals surface area contributed by atoms with E-state index in [2.05, 4.69) is 16.5 Å². The minimum absolute atomic E-state index is 0.172. The summed E-state index contributed by atoms with van der Waals surface area (Å²) in [7, 11) is 1.99. The van der Waals surface area contributed by atoms with Crippen molar-refractivity contribution < 1.29 is 4.79 Å². The Morgan fingerprint density at radius 1 is 1.62 bits per heavy atom. The van der Waals surface area contributed by atoms with Crippen molar-refractivity contribution >= 4 is 17.7 Å². The first kappa shape index (κ1) is 10.9. The normalized spacial score (nSPS) is 16.2. The van der Waals surface area contributed by atoms with Crippen LogP contribution in [0.5, 0.6) is 0 Å². The number of hydrogen-bond donors (Lipinski definition) is 1. The molecule has 0 aromatic rings. The summed E-state index contributed by atoms with van der Waals surface area (Å²) < 4.78 is 0. The third kappa shape index (κ3) is 5.16. The van der Waals surface area contributed by atoms with Crippen molar-refractivity contribution in [3.05, 3.63) is 0 Å². The van der Waals surface area contributed by atoms with Crippen LogP contribution >= 0.6 is 11.8 Å². The Morgan fingerprint density at radius 2 is 2.31 bits per heavy atom. The molecule has 0 spiro atoms. The van der Waals surface area contributed by atoms with Crippen LogP contribution in [0.3, 0.4) is 0 Å². The van der Waals surface area contributed by atoms with Crippen molar-refractivity contribution in [1.29, 1.82) is 0 Å². The second-order valence-corrected chi connectivity index (χ2v) is 4.56. The summed E-state index contributed by atoms with van der Waals surface area (Å²) >= 11 is 1.81. The summed E-state index contributed by atoms with van der Waals surface area (Å²) in [5.41, 5.74) is 0. The second kappa shape index (κ2) is 5.50. The summed E-state index contributed by atoms with van der Waals surface area (Å²) in [5, 5.41) is 2.97. The third-order valence-corrected chi connectivity index (χ3v) is 2.62. The molecule has 0 heterocycles. The van der Waals surface area contributed by atoms with Crippen molar-refractivity contribution in [3.63, 3.8) is 0 Å². The molecule has 1 aliphatic carbocycles. The van der Waals surface area contributed by atoms with Gasteiger partial charge in [0, 0.05) is 18.3 Å². The Morgan fingerprint density at radius 3 is 2.85 bits per heavy atom. The smallest absolute Gasteiger partial charge is 0.234 e. The molecule has 1 saturated carbocycles. The van der Waals surface area contributed by atoms with Gasteiger partial charge in [-0.25, -0.2) is 0 Å². The predicted molar refractivity (Wildman–Crippen MR) is 57.0 cm³/mol. The highest BCUT2D eigenvalue weighted by atomic mass is 32.2. The molecule has 1 fully saturated rings. The minimum atomic E-state index is 0.172. The van der Waals surface area contributed by atoms with Gasteiger partial charge in [0.25, 0.3) is 0 Å². The zero-order valence-electron chi connectivity index (χ0n) is 8.38. The van der Waals surface area contributed by atoms with E-state index in [-0.39, 0.29) is 5.91 Å². The van der Waals surface area contributed by atoms with Crippen LogP contribution in [-0.2, 0) is 4.79 Å². The molecule has 0 unspecified atom stereocenters. The van der Waals surface area contributed by atoms with Gasteiger partial charge in [-0.3, -0.25) is 9.69 Å². The van der Waals surface area contributed by atoms with Crippen LogP contribution in [-0.4, -0.2) is 49.0 Å². The van der Waals surface area contributed by atoms with E-state index in [1.807, 2.05) is 18.8 Å². The maximum atomic E-state index is 11.3. The number of likely N-dealkylation sites (N-methyl/N-ethyl adjacent to an activating group) is 1. The largest absolute Gasteiger partial charge is 0.352 e. The van der Waals surface area contributed by atoms with Crippen molar-refractivity contribution in [2.24, 2.45) is 0 Å². The lowest BCUT2D eigenvalue weighted by Crippen LogP contribution is -2.37. The number of nitrogens with zero attached hydrogens (tertiary/aromatic N) is 1. The van der Waals surface area contributed by atoms with E-state index in [0.29, 0.717) is 12.6 Å². The Bertz CT molecular complexity index is 171. The molecule has 0 aromatic heterocycles. The summed E-state index contributed by atoms with van der Waals surface area (Å²) in [6, 6.07) is 0.487. The van der Waals surface area contributed by atoms with Gasteiger partial charge in [0.1, 0.15) is 0 Å². The van der Waals surface area contributed by atoms with Gasteiger partial charge in [-0.2, -0.15) is 11.8 Å². The van der Waals surface area contributed by atoms with Crippen LogP contribution in [0.25, 0.3) is 0 Å². The van der Waals surface area contributed by atoms with Gasteiger partial charge in [-0.1, -0.05) is 0 Å². The topological polar surface area (TPSA) is 32.3 Å². The molecule has 0 radical (unpaired) electrons. The van der Waals surface area contributed by atoms with Crippen molar-refractivity contribution in [1.82, 2.24) is 10.2 Å². The van der Waals surface area contributed by atoms with Gasteiger partial charge in [0.05, 0.1) is 6.54 Å². The van der Waals surface area contributed by atoms with Gasteiger partial charge < -0.3 is 5.32 Å². The Labute approximate surface area is 84.2 Å². The van der Waals surface area contributed by atoms with Crippen LogP contribution in [0.15, 0.2) is 0 Å². The summed E-state index contributed by atoms with van der Waals surface area (Å²) in [4.78, 5) is 13.4. The third-order valence-electron chi connectivity index (χ3n) is 2.03. The number of rotatable bonds is 6. The maximum absolute atomic E-state index is 11.3. The molecule has 0 bridgehead atoms. The quantitative estimate of drug-likeness (QED) is 0.683. The minimum Gasteiger partial charge on any atom is -0.352 e. The van der Waals surface area contributed by atoms with Crippen molar-refractivity contribution in [3.8, 4) is 0 Å². The van der Waals surface area contributed by atoms with E-state index in [4.69, 9.17) is 0 Å². The van der Waals surface area contributed by atoms with E-state index in [9.17, 15) is 4.79 Å². The summed E-state index contributed by atoms with van der Waals surface area (Å²) in [6.45, 7) is 1.52. The standard InChI is InChI=1S/C9H18N2OS/c1-11(5-6-13-2)7-9(12)10-8-3-4-8/h8H,3-7H2,1-2H3,(H,10,12). The number of hydrogen-bond acceptors (Lipinski definition) is 3. The molecule has 0 saturated heterocycles. The number of amides is 1. The first-order valence-electron chi connectivity index (χ1n) is 4.69. The molecule has 76 valence electrons. The molecular weight excluding hydrogens is 184 g/mol. The highest BCUT2D eigenvalue weighted by Gasteiger charge is 2.23. The van der Waals surface area contributed by atoms with Gasteiger partial charge in [-0.15, -0.1) is 0 Å². The van der Waals surface area contributed by atoms with Crippen LogP contribution in [0.2, 0.25) is 0 Å². The van der Waals surface area contributed by atoms with Crippen LogP contribution in [0, 0.1) is 0 Å². The fourth-order valence-electron chi connectivity index (χ4n) is 1.07. The van der Waals surface area contributed by atoms with Gasteiger partial charge in [0.15, 0.2) is 0 Å². The molecule has 1 N–H and O–H groups in total. The Kier molecular flexibility index (Phi) is 4.59. The molecule has 1 aliphatic rings. The summed E-state index contributed by atoms with van der Waals surface area (Å²) in [6.07, 6.45) is 4.42. The zero-order valence-corrected chi connectivity index (χ0v) is 9.19. The molecule has 0 atom stereocenters. The first-order valence-corrected chi connectivity index (χ1v) is 6.08.